The lowest BCUT2D eigenvalue weighted by Crippen LogP contribution is -2.42. The summed E-state index contributed by atoms with van der Waals surface area (Å²) < 4.78 is 24.2. The van der Waals surface area contributed by atoms with E-state index < -0.39 is 11.9 Å². The molecule has 1 aliphatic heterocycles. The molecular weight excluding hydrogens is 281 g/mol. The number of carbonyl (C=O) groups is 1. The Morgan fingerprint density at radius 2 is 2.33 bits per heavy atom. The molecule has 0 aliphatic carbocycles. The van der Waals surface area contributed by atoms with Gasteiger partial charge in [0.2, 0.25) is 0 Å². The van der Waals surface area contributed by atoms with Crippen LogP contribution in [-0.4, -0.2) is 42.9 Å². The van der Waals surface area contributed by atoms with Gasteiger partial charge in [0.15, 0.2) is 11.9 Å². The summed E-state index contributed by atoms with van der Waals surface area (Å²) in [6.07, 6.45) is -0.668. The fourth-order valence-corrected chi connectivity index (χ4v) is 1.84. The zero-order valence-corrected chi connectivity index (χ0v) is 11.2. The Hall–Kier alpha value is -2.19. The lowest BCUT2D eigenvalue weighted by atomic mass is 10.1. The third-order valence-electron chi connectivity index (χ3n) is 3.02. The number of nitrogens with two attached hydrogens (primary N) is 1. The molecular formula is C13H16FN3O4. The minimum absolute atomic E-state index is 0.0149. The molecule has 4 N–H and O–H groups in total. The monoisotopic (exact) mass is 297 g/mol. The summed E-state index contributed by atoms with van der Waals surface area (Å²) in [5.74, 6) is -1.09. The van der Waals surface area contributed by atoms with Crippen LogP contribution in [0.15, 0.2) is 23.4 Å². The molecule has 1 fully saturated rings. The Balaban J connectivity index is 1.95. The first kappa shape index (κ1) is 15.2. The number of carbonyl (C=O) groups excluding carboxylic acids is 1. The predicted octanol–water partition coefficient (Wildman–Crippen LogP) is -0.0482. The molecule has 1 saturated heterocycles. The molecule has 21 heavy (non-hydrogen) atoms. The molecule has 0 radical (unpaired) electrons. The minimum Gasteiger partial charge on any atom is -0.409 e. The molecule has 1 aromatic carbocycles. The van der Waals surface area contributed by atoms with Crippen LogP contribution in [0.5, 0.6) is 0 Å². The highest BCUT2D eigenvalue weighted by atomic mass is 19.1. The van der Waals surface area contributed by atoms with Crippen molar-refractivity contribution in [1.29, 1.82) is 0 Å². The van der Waals surface area contributed by atoms with E-state index in [4.69, 9.17) is 20.4 Å². The average Bonchev–Trinajstić information content (AvgIpc) is 2.53. The Morgan fingerprint density at radius 3 is 2.95 bits per heavy atom. The predicted molar refractivity (Wildman–Crippen MR) is 71.3 cm³/mol. The van der Waals surface area contributed by atoms with Gasteiger partial charge in [-0.1, -0.05) is 17.3 Å². The second-order valence-electron chi connectivity index (χ2n) is 4.44. The van der Waals surface area contributed by atoms with Crippen molar-refractivity contribution < 1.29 is 23.9 Å². The van der Waals surface area contributed by atoms with E-state index in [2.05, 4.69) is 10.5 Å². The molecule has 8 heteroatoms. The number of amidine groups is 1. The van der Waals surface area contributed by atoms with Crippen molar-refractivity contribution in [2.24, 2.45) is 10.9 Å². The molecule has 1 aromatic rings. The van der Waals surface area contributed by atoms with Crippen molar-refractivity contribution in [2.75, 3.05) is 19.8 Å². The molecule has 1 amide bonds. The maximum absolute atomic E-state index is 13.8. The van der Waals surface area contributed by atoms with Gasteiger partial charge in [0.25, 0.3) is 5.91 Å². The van der Waals surface area contributed by atoms with Crippen molar-refractivity contribution >= 4 is 11.7 Å². The number of benzene rings is 1. The molecule has 1 heterocycles. The van der Waals surface area contributed by atoms with Gasteiger partial charge in [-0.05, 0) is 6.07 Å². The number of hydrogen-bond donors (Lipinski definition) is 3. The lowest BCUT2D eigenvalue weighted by Gasteiger charge is -2.22. The first-order valence-corrected chi connectivity index (χ1v) is 6.35. The number of ether oxygens (including phenoxy) is 2. The number of rotatable bonds is 4. The van der Waals surface area contributed by atoms with Gasteiger partial charge in [-0.15, -0.1) is 0 Å². The van der Waals surface area contributed by atoms with Crippen LogP contribution >= 0.6 is 0 Å². The van der Waals surface area contributed by atoms with Gasteiger partial charge in [-0.3, -0.25) is 4.79 Å². The van der Waals surface area contributed by atoms with Crippen LogP contribution < -0.4 is 11.1 Å². The van der Waals surface area contributed by atoms with Crippen LogP contribution in [0.25, 0.3) is 0 Å². The van der Waals surface area contributed by atoms with Crippen LogP contribution in [-0.2, 0) is 20.8 Å². The number of oxime groups is 1. The van der Waals surface area contributed by atoms with E-state index in [1.807, 2.05) is 0 Å². The van der Waals surface area contributed by atoms with Crippen LogP contribution in [0.4, 0.5) is 4.39 Å². The number of nitrogens with zero attached hydrogens (tertiary/aromatic N) is 1. The van der Waals surface area contributed by atoms with Crippen molar-refractivity contribution in [2.45, 2.75) is 12.6 Å². The maximum atomic E-state index is 13.8. The van der Waals surface area contributed by atoms with Crippen LogP contribution in [0, 0.1) is 5.82 Å². The van der Waals surface area contributed by atoms with E-state index in [1.165, 1.54) is 12.1 Å². The van der Waals surface area contributed by atoms with E-state index in [-0.39, 0.29) is 36.0 Å². The lowest BCUT2D eigenvalue weighted by molar-refractivity contribution is -0.147. The largest absolute Gasteiger partial charge is 0.409 e. The smallest absolute Gasteiger partial charge is 0.251 e. The number of halogens is 1. The third-order valence-corrected chi connectivity index (χ3v) is 3.02. The second kappa shape index (κ2) is 7.00. The highest BCUT2D eigenvalue weighted by molar-refractivity contribution is 5.97. The van der Waals surface area contributed by atoms with Crippen molar-refractivity contribution in [3.8, 4) is 0 Å². The van der Waals surface area contributed by atoms with E-state index in [0.29, 0.717) is 13.2 Å². The molecule has 0 spiro atoms. The highest BCUT2D eigenvalue weighted by Gasteiger charge is 2.22. The normalized spacial score (nSPS) is 19.3. The standard InChI is InChI=1S/C13H16FN3O4/c14-10-5-8(12(15)17-19)1-2-9(10)6-16-13(18)11-7-20-3-4-21-11/h1-2,5,11,19H,3-4,6-7H2,(H2,15,17)(H,16,18). The third kappa shape index (κ3) is 3.89. The zero-order valence-electron chi connectivity index (χ0n) is 11.2. The summed E-state index contributed by atoms with van der Waals surface area (Å²) in [5, 5.41) is 13.9. The molecule has 0 aromatic heterocycles. The average molecular weight is 297 g/mol. The number of nitrogens with one attached hydrogen (secondary N) is 1. The number of amides is 1. The van der Waals surface area contributed by atoms with E-state index >= 15 is 0 Å². The summed E-state index contributed by atoms with van der Waals surface area (Å²) in [4.78, 5) is 11.8. The maximum Gasteiger partial charge on any atom is 0.251 e. The SMILES string of the molecule is NC(=NO)c1ccc(CNC(=O)C2COCCO2)c(F)c1. The van der Waals surface area contributed by atoms with Gasteiger partial charge in [-0.25, -0.2) is 4.39 Å². The van der Waals surface area contributed by atoms with Gasteiger partial charge in [-0.2, -0.15) is 0 Å². The Morgan fingerprint density at radius 1 is 1.52 bits per heavy atom. The Labute approximate surface area is 120 Å². The van der Waals surface area contributed by atoms with Gasteiger partial charge in [0.05, 0.1) is 19.8 Å². The summed E-state index contributed by atoms with van der Waals surface area (Å²) in [6, 6.07) is 4.10. The Kier molecular flexibility index (Phi) is 5.07. The van der Waals surface area contributed by atoms with E-state index in [9.17, 15) is 9.18 Å². The molecule has 1 aliphatic rings. The van der Waals surface area contributed by atoms with Gasteiger partial charge in [0.1, 0.15) is 5.82 Å². The quantitative estimate of drug-likeness (QED) is 0.313. The second-order valence-corrected chi connectivity index (χ2v) is 4.44. The summed E-state index contributed by atoms with van der Waals surface area (Å²) in [6.45, 7) is 1.03. The van der Waals surface area contributed by atoms with Gasteiger partial charge in [0, 0.05) is 17.7 Å². The van der Waals surface area contributed by atoms with E-state index in [0.717, 1.165) is 6.07 Å². The van der Waals surface area contributed by atoms with Crippen molar-refractivity contribution in [3.63, 3.8) is 0 Å². The zero-order chi connectivity index (χ0) is 15.2. The summed E-state index contributed by atoms with van der Waals surface area (Å²) in [5.41, 5.74) is 5.91. The minimum atomic E-state index is -0.668. The van der Waals surface area contributed by atoms with Gasteiger partial charge < -0.3 is 25.7 Å². The van der Waals surface area contributed by atoms with Crippen LogP contribution in [0.1, 0.15) is 11.1 Å². The molecule has 1 atom stereocenters. The van der Waals surface area contributed by atoms with Crippen LogP contribution in [0.3, 0.4) is 0 Å². The highest BCUT2D eigenvalue weighted by Crippen LogP contribution is 2.11. The molecule has 2 rings (SSSR count). The fraction of sp³-hybridized carbons (Fsp3) is 0.385. The fourth-order valence-electron chi connectivity index (χ4n) is 1.84. The van der Waals surface area contributed by atoms with E-state index in [1.54, 1.807) is 0 Å². The molecule has 114 valence electrons. The molecule has 1 unspecified atom stereocenters. The summed E-state index contributed by atoms with van der Waals surface area (Å²) >= 11 is 0. The molecule has 0 saturated carbocycles. The van der Waals surface area contributed by atoms with Gasteiger partial charge >= 0.3 is 0 Å². The number of hydrogen-bond acceptors (Lipinski definition) is 5. The van der Waals surface area contributed by atoms with Crippen molar-refractivity contribution in [1.82, 2.24) is 5.32 Å². The first-order valence-electron chi connectivity index (χ1n) is 6.35. The molecule has 7 nitrogen and oxygen atoms in total. The summed E-state index contributed by atoms with van der Waals surface area (Å²) in [7, 11) is 0. The van der Waals surface area contributed by atoms with Crippen molar-refractivity contribution in [3.05, 3.63) is 35.1 Å². The first-order chi connectivity index (χ1) is 10.1. The Bertz CT molecular complexity index is 544. The molecule has 0 bridgehead atoms. The topological polar surface area (TPSA) is 106 Å². The van der Waals surface area contributed by atoms with Crippen LogP contribution in [0.2, 0.25) is 0 Å².